The van der Waals surface area contributed by atoms with Crippen LogP contribution in [0.1, 0.15) is 0 Å². The summed E-state index contributed by atoms with van der Waals surface area (Å²) in [6.07, 6.45) is 7.97. The third-order valence-electron chi connectivity index (χ3n) is 5.68. The van der Waals surface area contributed by atoms with Gasteiger partial charge < -0.3 is 26.0 Å². The summed E-state index contributed by atoms with van der Waals surface area (Å²) in [6.45, 7) is 6.07. The van der Waals surface area contributed by atoms with E-state index in [9.17, 15) is 4.79 Å². The van der Waals surface area contributed by atoms with Crippen LogP contribution in [0, 0.1) is 0 Å². The summed E-state index contributed by atoms with van der Waals surface area (Å²) in [5, 5.41) is 6.75. The van der Waals surface area contributed by atoms with Gasteiger partial charge in [0.2, 0.25) is 11.9 Å². The minimum atomic E-state index is -0.306. The molecule has 0 spiro atoms. The second kappa shape index (κ2) is 10.4. The zero-order valence-corrected chi connectivity index (χ0v) is 19.5. The van der Waals surface area contributed by atoms with Gasteiger partial charge in [0.05, 0.1) is 30.3 Å². The highest BCUT2D eigenvalue weighted by molar-refractivity contribution is 5.99. The number of carbonyl (C=O) groups is 1. The molecule has 11 nitrogen and oxygen atoms in total. The molecule has 5 heterocycles. The number of carbonyl (C=O) groups excluding carboxylic acids is 1. The lowest BCUT2D eigenvalue weighted by atomic mass is 10.1. The molecule has 11 heteroatoms. The summed E-state index contributed by atoms with van der Waals surface area (Å²) in [5.41, 5.74) is 8.85. The minimum Gasteiger partial charge on any atom is -0.373 e. The first kappa shape index (κ1) is 23.3. The number of morpholine rings is 1. The van der Waals surface area contributed by atoms with Crippen LogP contribution >= 0.6 is 0 Å². The van der Waals surface area contributed by atoms with Gasteiger partial charge >= 0.3 is 0 Å². The predicted octanol–water partition coefficient (Wildman–Crippen LogP) is 2.51. The molecule has 0 radical (unpaired) electrons. The Balaban J connectivity index is 1.38. The summed E-state index contributed by atoms with van der Waals surface area (Å²) in [5.74, 6) is 0.957. The van der Waals surface area contributed by atoms with Crippen molar-refractivity contribution in [1.82, 2.24) is 24.9 Å². The number of hydrogen-bond donors (Lipinski definition) is 3. The van der Waals surface area contributed by atoms with E-state index in [1.165, 1.54) is 6.08 Å². The van der Waals surface area contributed by atoms with Gasteiger partial charge in [-0.2, -0.15) is 0 Å². The Kier molecular flexibility index (Phi) is 6.74. The fraction of sp³-hybridized carbons (Fsp3) is 0.200. The Bertz CT molecular complexity index is 1390. The zero-order chi connectivity index (χ0) is 24.9. The smallest absolute Gasteiger partial charge is 0.247 e. The van der Waals surface area contributed by atoms with E-state index in [1.54, 1.807) is 36.9 Å². The highest BCUT2D eigenvalue weighted by Gasteiger charge is 2.20. The number of fused-ring (bicyclic) bond motifs is 1. The molecule has 4 aromatic rings. The Hall–Kier alpha value is -4.48. The van der Waals surface area contributed by atoms with Crippen LogP contribution in [-0.4, -0.2) is 63.2 Å². The molecule has 1 amide bonds. The molecule has 0 bridgehead atoms. The molecule has 0 saturated carbocycles. The van der Waals surface area contributed by atoms with Crippen molar-refractivity contribution in [3.63, 3.8) is 0 Å². The third-order valence-corrected chi connectivity index (χ3v) is 5.68. The molecule has 1 saturated heterocycles. The van der Waals surface area contributed by atoms with Crippen LogP contribution in [0.5, 0.6) is 0 Å². The van der Waals surface area contributed by atoms with Gasteiger partial charge in [-0.05, 0) is 36.4 Å². The SMILES string of the molecule is C=CC(=O)Nc1ccnc(-c2nccc3cnc(Nc4ccc(N5CCOC(CN)C5)nc4)nc23)c1. The van der Waals surface area contributed by atoms with Crippen LogP contribution in [0.4, 0.5) is 23.1 Å². The second-order valence-electron chi connectivity index (χ2n) is 8.12. The standard InChI is InChI=1S/C25H25N9O2/c1-2-22(35)31-17-6-8-27-20(11-17)24-23-16(5-7-28-24)13-30-25(33-23)32-18-3-4-21(29-14-18)34-9-10-36-19(12-26)15-34/h2-8,11,13-14,19H,1,9-10,12,15,26H2,(H,27,31,35)(H,30,32,33). The Labute approximate surface area is 207 Å². The minimum absolute atomic E-state index is 0.0144. The number of nitrogens with one attached hydrogen (secondary N) is 2. The van der Waals surface area contributed by atoms with Crippen LogP contribution < -0.4 is 21.3 Å². The van der Waals surface area contributed by atoms with E-state index in [1.807, 2.05) is 18.2 Å². The van der Waals surface area contributed by atoms with Gasteiger partial charge in [-0.25, -0.2) is 15.0 Å². The molecule has 1 aliphatic rings. The largest absolute Gasteiger partial charge is 0.373 e. The average Bonchev–Trinajstić information content (AvgIpc) is 2.93. The summed E-state index contributed by atoms with van der Waals surface area (Å²) >= 11 is 0. The van der Waals surface area contributed by atoms with Gasteiger partial charge in [-0.15, -0.1) is 0 Å². The first-order chi connectivity index (χ1) is 17.6. The Morgan fingerprint density at radius 2 is 2.03 bits per heavy atom. The number of ether oxygens (including phenoxy) is 1. The maximum atomic E-state index is 11.7. The van der Waals surface area contributed by atoms with E-state index in [4.69, 9.17) is 15.5 Å². The maximum Gasteiger partial charge on any atom is 0.247 e. The summed E-state index contributed by atoms with van der Waals surface area (Å²) in [6, 6.07) is 9.14. The number of anilines is 4. The molecule has 1 atom stereocenters. The first-order valence-corrected chi connectivity index (χ1v) is 11.4. The van der Waals surface area contributed by atoms with E-state index in [2.05, 4.69) is 42.0 Å². The monoisotopic (exact) mass is 483 g/mol. The van der Waals surface area contributed by atoms with E-state index >= 15 is 0 Å². The quantitative estimate of drug-likeness (QED) is 0.335. The van der Waals surface area contributed by atoms with Crippen molar-refractivity contribution in [3.05, 3.63) is 67.8 Å². The molecule has 182 valence electrons. The zero-order valence-electron chi connectivity index (χ0n) is 19.5. The number of nitrogens with two attached hydrogens (primary N) is 1. The number of nitrogens with zero attached hydrogens (tertiary/aromatic N) is 6. The van der Waals surface area contributed by atoms with E-state index in [-0.39, 0.29) is 12.0 Å². The molecule has 1 unspecified atom stereocenters. The van der Waals surface area contributed by atoms with Crippen molar-refractivity contribution in [3.8, 4) is 11.4 Å². The van der Waals surface area contributed by atoms with Crippen molar-refractivity contribution >= 4 is 40.0 Å². The first-order valence-electron chi connectivity index (χ1n) is 11.4. The fourth-order valence-corrected chi connectivity index (χ4v) is 3.88. The molecular formula is C25H25N9O2. The van der Waals surface area contributed by atoms with Crippen LogP contribution in [0.25, 0.3) is 22.3 Å². The molecule has 5 rings (SSSR count). The fourth-order valence-electron chi connectivity index (χ4n) is 3.88. The van der Waals surface area contributed by atoms with Gasteiger partial charge in [0.1, 0.15) is 17.0 Å². The summed E-state index contributed by atoms with van der Waals surface area (Å²) < 4.78 is 5.63. The Morgan fingerprint density at radius 3 is 2.83 bits per heavy atom. The number of pyridine rings is 3. The van der Waals surface area contributed by atoms with Crippen molar-refractivity contribution in [2.24, 2.45) is 5.73 Å². The number of rotatable bonds is 7. The number of amides is 1. The van der Waals surface area contributed by atoms with Crippen LogP contribution in [0.3, 0.4) is 0 Å². The number of hydrogen-bond acceptors (Lipinski definition) is 10. The normalized spacial score (nSPS) is 15.5. The lowest BCUT2D eigenvalue weighted by molar-refractivity contribution is -0.111. The molecule has 0 aromatic carbocycles. The molecule has 1 fully saturated rings. The summed E-state index contributed by atoms with van der Waals surface area (Å²) in [4.78, 5) is 36.5. The molecule has 36 heavy (non-hydrogen) atoms. The van der Waals surface area contributed by atoms with Crippen molar-refractivity contribution in [2.75, 3.05) is 41.8 Å². The highest BCUT2D eigenvalue weighted by Crippen LogP contribution is 2.26. The predicted molar refractivity (Wildman–Crippen MR) is 138 cm³/mol. The van der Waals surface area contributed by atoms with E-state index < -0.39 is 0 Å². The van der Waals surface area contributed by atoms with Gasteiger partial charge in [0, 0.05) is 49.3 Å². The average molecular weight is 484 g/mol. The Morgan fingerprint density at radius 1 is 1.14 bits per heavy atom. The molecular weight excluding hydrogens is 458 g/mol. The lowest BCUT2D eigenvalue weighted by Crippen LogP contribution is -2.46. The van der Waals surface area contributed by atoms with Crippen LogP contribution in [-0.2, 0) is 9.53 Å². The van der Waals surface area contributed by atoms with Gasteiger partial charge in [-0.3, -0.25) is 14.8 Å². The second-order valence-corrected chi connectivity index (χ2v) is 8.12. The number of aromatic nitrogens is 5. The van der Waals surface area contributed by atoms with Gasteiger partial charge in [0.15, 0.2) is 0 Å². The molecule has 4 aromatic heterocycles. The molecule has 1 aliphatic heterocycles. The third kappa shape index (κ3) is 5.11. The van der Waals surface area contributed by atoms with Crippen molar-refractivity contribution in [2.45, 2.75) is 6.10 Å². The van der Waals surface area contributed by atoms with E-state index in [0.717, 1.165) is 23.4 Å². The van der Waals surface area contributed by atoms with Crippen molar-refractivity contribution in [1.29, 1.82) is 0 Å². The summed E-state index contributed by atoms with van der Waals surface area (Å²) in [7, 11) is 0. The van der Waals surface area contributed by atoms with Crippen molar-refractivity contribution < 1.29 is 9.53 Å². The topological polar surface area (TPSA) is 144 Å². The van der Waals surface area contributed by atoms with Gasteiger partial charge in [-0.1, -0.05) is 6.58 Å². The lowest BCUT2D eigenvalue weighted by Gasteiger charge is -2.33. The highest BCUT2D eigenvalue weighted by atomic mass is 16.5. The van der Waals surface area contributed by atoms with E-state index in [0.29, 0.717) is 48.2 Å². The maximum absolute atomic E-state index is 11.7. The van der Waals surface area contributed by atoms with Crippen LogP contribution in [0.15, 0.2) is 67.8 Å². The molecule has 4 N–H and O–H groups in total. The van der Waals surface area contributed by atoms with Gasteiger partial charge in [0.25, 0.3) is 0 Å². The van der Waals surface area contributed by atoms with Crippen LogP contribution in [0.2, 0.25) is 0 Å². The molecule has 0 aliphatic carbocycles.